The minimum atomic E-state index is -0.864. The maximum Gasteiger partial charge on any atom is 0.243 e. The molecule has 1 saturated carbocycles. The highest BCUT2D eigenvalue weighted by Gasteiger charge is 2.40. The van der Waals surface area contributed by atoms with Crippen LogP contribution < -0.4 is 16.4 Å². The van der Waals surface area contributed by atoms with Crippen LogP contribution in [-0.2, 0) is 20.8 Å². The summed E-state index contributed by atoms with van der Waals surface area (Å²) in [7, 11) is 0. The van der Waals surface area contributed by atoms with Gasteiger partial charge in [-0.3, -0.25) is 14.4 Å². The molecule has 0 aromatic heterocycles. The molecule has 2 fully saturated rings. The number of benzene rings is 2. The van der Waals surface area contributed by atoms with E-state index in [0.717, 1.165) is 48.4 Å². The number of hydrogen-bond acceptors (Lipinski definition) is 5. The van der Waals surface area contributed by atoms with Gasteiger partial charge in [-0.2, -0.15) is 0 Å². The van der Waals surface area contributed by atoms with Crippen molar-refractivity contribution in [2.75, 3.05) is 19.6 Å². The number of fused-ring (bicyclic) bond motifs is 1. The number of carbonyl (C=O) groups is 3. The third-order valence-corrected chi connectivity index (χ3v) is 8.81. The van der Waals surface area contributed by atoms with E-state index in [1.54, 1.807) is 4.90 Å². The molecule has 2 aromatic carbocycles. The Morgan fingerprint density at radius 2 is 1.73 bits per heavy atom. The lowest BCUT2D eigenvalue weighted by atomic mass is 9.69. The number of aliphatic hydroxyl groups excluding tert-OH is 1. The van der Waals surface area contributed by atoms with Crippen molar-refractivity contribution >= 4 is 28.5 Å². The minimum Gasteiger partial charge on any atom is -0.390 e. The summed E-state index contributed by atoms with van der Waals surface area (Å²) >= 11 is 0. The molecule has 1 unspecified atom stereocenters. The Kier molecular flexibility index (Phi) is 9.85. The number of nitrogens with one attached hydrogen (secondary N) is 2. The van der Waals surface area contributed by atoms with Gasteiger partial charge in [0, 0.05) is 32.0 Å². The normalized spacial score (nSPS) is 23.0. The van der Waals surface area contributed by atoms with Crippen molar-refractivity contribution in [3.8, 4) is 0 Å². The van der Waals surface area contributed by atoms with E-state index in [4.69, 9.17) is 5.73 Å². The second-order valence-corrected chi connectivity index (χ2v) is 12.7. The first kappa shape index (κ1) is 30.0. The summed E-state index contributed by atoms with van der Waals surface area (Å²) < 4.78 is 0. The molecule has 0 bridgehead atoms. The molecule has 0 radical (unpaired) electrons. The summed E-state index contributed by atoms with van der Waals surface area (Å²) in [5.74, 6) is -0.0330. The predicted octanol–water partition coefficient (Wildman–Crippen LogP) is 3.15. The van der Waals surface area contributed by atoms with E-state index >= 15 is 0 Å². The molecule has 218 valence electrons. The fourth-order valence-electron chi connectivity index (χ4n) is 6.25. The smallest absolute Gasteiger partial charge is 0.243 e. The Morgan fingerprint density at radius 3 is 2.40 bits per heavy atom. The van der Waals surface area contributed by atoms with Crippen LogP contribution in [0, 0.1) is 17.3 Å². The quantitative estimate of drug-likeness (QED) is 0.382. The van der Waals surface area contributed by atoms with Crippen LogP contribution >= 0.6 is 0 Å². The highest BCUT2D eigenvalue weighted by atomic mass is 16.3. The van der Waals surface area contributed by atoms with E-state index in [9.17, 15) is 19.5 Å². The summed E-state index contributed by atoms with van der Waals surface area (Å²) in [6.07, 6.45) is 4.58. The van der Waals surface area contributed by atoms with Gasteiger partial charge in [0.25, 0.3) is 0 Å². The maximum absolute atomic E-state index is 13.6. The number of likely N-dealkylation sites (tertiary alicyclic amines) is 1. The minimum absolute atomic E-state index is 0.00467. The molecule has 0 spiro atoms. The summed E-state index contributed by atoms with van der Waals surface area (Å²) in [5.41, 5.74) is 6.65. The molecule has 2 aliphatic rings. The van der Waals surface area contributed by atoms with Crippen molar-refractivity contribution in [3.63, 3.8) is 0 Å². The molecule has 1 heterocycles. The zero-order valence-corrected chi connectivity index (χ0v) is 24.2. The van der Waals surface area contributed by atoms with E-state index in [1.165, 1.54) is 0 Å². The molecule has 1 aliphatic heterocycles. The second-order valence-electron chi connectivity index (χ2n) is 12.7. The Labute approximate surface area is 238 Å². The summed E-state index contributed by atoms with van der Waals surface area (Å²) in [6, 6.07) is 12.6. The van der Waals surface area contributed by atoms with Crippen LogP contribution in [0.25, 0.3) is 10.8 Å². The molecule has 1 saturated heterocycles. The molecule has 3 atom stereocenters. The van der Waals surface area contributed by atoms with Crippen LogP contribution in [0.2, 0.25) is 0 Å². The SMILES string of the molecule is CC(C)(C)C1CCC(C(=O)N2CCC[C@H]2C(=O)N[C@H](Cc2ccc3ccccc3c2)C(=O)NCC(O)CN)CC1. The van der Waals surface area contributed by atoms with Crippen molar-refractivity contribution in [2.24, 2.45) is 23.0 Å². The third-order valence-electron chi connectivity index (χ3n) is 8.81. The maximum atomic E-state index is 13.6. The first-order valence-electron chi connectivity index (χ1n) is 14.8. The number of rotatable bonds is 9. The van der Waals surface area contributed by atoms with Gasteiger partial charge in [0.05, 0.1) is 6.10 Å². The molecule has 5 N–H and O–H groups in total. The lowest BCUT2D eigenvalue weighted by Gasteiger charge is -2.38. The van der Waals surface area contributed by atoms with Crippen LogP contribution in [0.1, 0.15) is 64.9 Å². The Morgan fingerprint density at radius 1 is 1.02 bits per heavy atom. The number of aliphatic hydroxyl groups is 1. The average Bonchev–Trinajstić information content (AvgIpc) is 3.44. The fraction of sp³-hybridized carbons (Fsp3) is 0.594. The number of nitrogens with two attached hydrogens (primary N) is 1. The first-order valence-corrected chi connectivity index (χ1v) is 14.8. The molecule has 4 rings (SSSR count). The largest absolute Gasteiger partial charge is 0.390 e. The van der Waals surface area contributed by atoms with Crippen LogP contribution in [0.15, 0.2) is 42.5 Å². The zero-order valence-electron chi connectivity index (χ0n) is 24.2. The lowest BCUT2D eigenvalue weighted by molar-refractivity contribution is -0.143. The van der Waals surface area contributed by atoms with Gasteiger partial charge in [0.2, 0.25) is 17.7 Å². The number of amides is 3. The van der Waals surface area contributed by atoms with Gasteiger partial charge in [-0.25, -0.2) is 0 Å². The lowest BCUT2D eigenvalue weighted by Crippen LogP contribution is -2.55. The first-order chi connectivity index (χ1) is 19.1. The van der Waals surface area contributed by atoms with Crippen molar-refractivity contribution in [3.05, 3.63) is 48.0 Å². The van der Waals surface area contributed by atoms with E-state index < -0.39 is 18.2 Å². The van der Waals surface area contributed by atoms with E-state index in [-0.39, 0.29) is 42.1 Å². The van der Waals surface area contributed by atoms with Crippen molar-refractivity contribution in [1.29, 1.82) is 0 Å². The molecular formula is C32H46N4O4. The average molecular weight is 551 g/mol. The van der Waals surface area contributed by atoms with Crippen molar-refractivity contribution < 1.29 is 19.5 Å². The van der Waals surface area contributed by atoms with E-state index in [1.807, 2.05) is 42.5 Å². The van der Waals surface area contributed by atoms with E-state index in [2.05, 4.69) is 31.4 Å². The Hall–Kier alpha value is -2.97. The zero-order chi connectivity index (χ0) is 28.9. The molecule has 3 amide bonds. The topological polar surface area (TPSA) is 125 Å². The van der Waals surface area contributed by atoms with Gasteiger partial charge in [0.15, 0.2) is 0 Å². The third kappa shape index (κ3) is 7.40. The van der Waals surface area contributed by atoms with Gasteiger partial charge < -0.3 is 26.4 Å². The van der Waals surface area contributed by atoms with Crippen molar-refractivity contribution in [1.82, 2.24) is 15.5 Å². The number of nitrogens with zero attached hydrogens (tertiary/aromatic N) is 1. The van der Waals surface area contributed by atoms with Crippen LogP contribution in [0.5, 0.6) is 0 Å². The highest BCUT2D eigenvalue weighted by molar-refractivity contribution is 5.93. The number of carbonyl (C=O) groups excluding carboxylic acids is 3. The van der Waals surface area contributed by atoms with Gasteiger partial charge in [0.1, 0.15) is 12.1 Å². The fourth-order valence-corrected chi connectivity index (χ4v) is 6.25. The summed E-state index contributed by atoms with van der Waals surface area (Å²) in [5, 5.41) is 17.7. The van der Waals surface area contributed by atoms with E-state index in [0.29, 0.717) is 25.3 Å². The van der Waals surface area contributed by atoms with Crippen LogP contribution in [-0.4, -0.2) is 65.5 Å². The second kappa shape index (κ2) is 13.1. The van der Waals surface area contributed by atoms with Gasteiger partial charge in [-0.05, 0) is 66.2 Å². The predicted molar refractivity (Wildman–Crippen MR) is 157 cm³/mol. The monoisotopic (exact) mass is 550 g/mol. The molecule has 40 heavy (non-hydrogen) atoms. The molecule has 8 heteroatoms. The van der Waals surface area contributed by atoms with Gasteiger partial charge in [-0.1, -0.05) is 63.2 Å². The highest BCUT2D eigenvalue weighted by Crippen LogP contribution is 2.40. The summed E-state index contributed by atoms with van der Waals surface area (Å²) in [6.45, 7) is 7.40. The van der Waals surface area contributed by atoms with Crippen molar-refractivity contribution in [2.45, 2.75) is 83.9 Å². The standard InChI is InChI=1S/C32H46N4O4/c1-32(2,3)25-14-12-23(13-15-25)31(40)36-16-6-9-28(36)30(39)35-27(29(38)34-20-26(37)19-33)18-21-10-11-22-7-4-5-8-24(22)17-21/h4-5,7-8,10-11,17,23,25-28,37H,6,9,12-16,18-20,33H2,1-3H3,(H,34,38)(H,35,39)/t23?,25?,26?,27-,28+/m1/s1. The molecule has 1 aliphatic carbocycles. The van der Waals surface area contributed by atoms with Gasteiger partial charge >= 0.3 is 0 Å². The Balaban J connectivity index is 1.45. The molecular weight excluding hydrogens is 504 g/mol. The molecule has 8 nitrogen and oxygen atoms in total. The summed E-state index contributed by atoms with van der Waals surface area (Å²) in [4.78, 5) is 42.1. The Bertz CT molecular complexity index is 1180. The van der Waals surface area contributed by atoms with Gasteiger partial charge in [-0.15, -0.1) is 0 Å². The van der Waals surface area contributed by atoms with Crippen LogP contribution in [0.3, 0.4) is 0 Å². The number of hydrogen-bond donors (Lipinski definition) is 4. The molecule has 2 aromatic rings. The van der Waals surface area contributed by atoms with Crippen LogP contribution in [0.4, 0.5) is 0 Å².